The Labute approximate surface area is 53.4 Å². The minimum absolute atomic E-state index is 0.0451. The van der Waals surface area contributed by atoms with E-state index in [-0.39, 0.29) is 16.5 Å². The molecule has 0 atom stereocenters. The van der Waals surface area contributed by atoms with Crippen molar-refractivity contribution >= 4 is 11.9 Å². The molecule has 7 nitrogen and oxygen atoms in total. The minimum Gasteiger partial charge on any atom is -0.338 e. The van der Waals surface area contributed by atoms with Crippen molar-refractivity contribution in [3.8, 4) is 5.40 Å². The molecule has 0 amide bonds. The summed E-state index contributed by atoms with van der Waals surface area (Å²) < 4.78 is -0.181. The fraction of sp³-hybridized carbons (Fsp3) is 0. The summed E-state index contributed by atoms with van der Waals surface area (Å²) in [5.74, 6) is 0. The van der Waals surface area contributed by atoms with Crippen molar-refractivity contribution in [2.45, 2.75) is 0 Å². The maximum absolute atomic E-state index is 9.59. The van der Waals surface area contributed by atoms with Crippen LogP contribution in [-0.4, -0.2) is 9.56 Å². The molecule has 0 aliphatic heterocycles. The number of hydrogen-bond acceptors (Lipinski definition) is 6. The molecule has 0 radical (unpaired) electrons. The molecule has 0 rings (SSSR count). The first-order chi connectivity index (χ1) is 4.22. The molecule has 8 heteroatoms. The first-order valence-electron chi connectivity index (χ1n) is 1.56. The smallest absolute Gasteiger partial charge is 0.323 e. The molecule has 0 aliphatic rings. The Hall–Kier alpha value is -1.36. The lowest BCUT2D eigenvalue weighted by Crippen LogP contribution is -2.14. The van der Waals surface area contributed by atoms with E-state index in [1.165, 1.54) is 5.40 Å². The highest BCUT2D eigenvalue weighted by Crippen LogP contribution is 2.05. The zero-order valence-corrected chi connectivity index (χ0v) is 4.74. The van der Waals surface area contributed by atoms with Gasteiger partial charge in [-0.1, -0.05) is 0 Å². The average molecular weight is 148 g/mol. The standard InChI is InChI=1S/CN4O3S/c2-1-9-4(3-6)5(7)8. The summed E-state index contributed by atoms with van der Waals surface area (Å²) in [6.07, 6.45) is 0. The lowest BCUT2D eigenvalue weighted by Gasteiger charge is -1.94. The average Bonchev–Trinajstić information content (AvgIpc) is 1.82. The largest absolute Gasteiger partial charge is 0.338 e. The lowest BCUT2D eigenvalue weighted by molar-refractivity contribution is -0.618. The Morgan fingerprint density at radius 3 is 2.56 bits per heavy atom. The van der Waals surface area contributed by atoms with Crippen LogP contribution in [0.2, 0.25) is 0 Å². The molecule has 0 heterocycles. The number of nitroso groups, excluding NO2 is 1. The van der Waals surface area contributed by atoms with Gasteiger partial charge in [0.05, 0.1) is 5.03 Å². The molecule has 0 fully saturated rings. The van der Waals surface area contributed by atoms with E-state index in [0.717, 1.165) is 0 Å². The van der Waals surface area contributed by atoms with Crippen LogP contribution in [-0.2, 0) is 0 Å². The maximum Gasteiger partial charge on any atom is 0.323 e. The molecule has 0 saturated heterocycles. The molecular formula is CN4O3S. The molecule has 0 bridgehead atoms. The number of hydrogen-bond donors (Lipinski definition) is 0. The second-order valence-electron chi connectivity index (χ2n) is 0.755. The monoisotopic (exact) mass is 148 g/mol. The first kappa shape index (κ1) is 7.64. The van der Waals surface area contributed by atoms with Crippen LogP contribution in [0.4, 0.5) is 0 Å². The van der Waals surface area contributed by atoms with Gasteiger partial charge in [0.25, 0.3) is 0 Å². The zero-order chi connectivity index (χ0) is 7.28. The topological polar surface area (TPSA) is 99.6 Å². The van der Waals surface area contributed by atoms with Gasteiger partial charge in [0, 0.05) is 4.91 Å². The van der Waals surface area contributed by atoms with Crippen molar-refractivity contribution in [3.63, 3.8) is 0 Å². The summed E-state index contributed by atoms with van der Waals surface area (Å²) in [4.78, 5) is 19.0. The second-order valence-corrected chi connectivity index (χ2v) is 1.45. The highest BCUT2D eigenvalue weighted by atomic mass is 32.2. The van der Waals surface area contributed by atoms with Gasteiger partial charge in [-0.25, -0.2) is 0 Å². The molecule has 0 saturated carbocycles. The van der Waals surface area contributed by atoms with E-state index in [2.05, 4.69) is 0 Å². The number of hydrazine groups is 1. The van der Waals surface area contributed by atoms with E-state index < -0.39 is 5.03 Å². The Balaban J connectivity index is 3.86. The number of rotatable bonds is 3. The number of nitrogens with zero attached hydrogens (tertiary/aromatic N) is 4. The molecule has 0 aromatic rings. The Morgan fingerprint density at radius 1 is 1.89 bits per heavy atom. The van der Waals surface area contributed by atoms with Crippen molar-refractivity contribution in [3.05, 3.63) is 15.0 Å². The first-order valence-corrected chi connectivity index (χ1v) is 2.33. The molecule has 0 aromatic carbocycles. The molecular weight excluding hydrogens is 148 g/mol. The van der Waals surface area contributed by atoms with Crippen LogP contribution >= 0.6 is 11.9 Å². The van der Waals surface area contributed by atoms with Gasteiger partial charge < -0.3 is 10.1 Å². The maximum atomic E-state index is 9.59. The highest BCUT2D eigenvalue weighted by molar-refractivity contribution is 8.01. The molecule has 48 valence electrons. The highest BCUT2D eigenvalue weighted by Gasteiger charge is 2.14. The molecule has 0 spiro atoms. The Morgan fingerprint density at radius 2 is 2.44 bits per heavy atom. The van der Waals surface area contributed by atoms with Gasteiger partial charge in [0.2, 0.25) is 0 Å². The van der Waals surface area contributed by atoms with Gasteiger partial charge in [-0.2, -0.15) is 5.26 Å². The van der Waals surface area contributed by atoms with Crippen LogP contribution in [0, 0.1) is 25.7 Å². The van der Waals surface area contributed by atoms with Crippen molar-refractivity contribution in [2.24, 2.45) is 5.29 Å². The van der Waals surface area contributed by atoms with Crippen LogP contribution in [0.5, 0.6) is 0 Å². The van der Waals surface area contributed by atoms with Gasteiger partial charge in [-0.3, -0.25) is 0 Å². The number of thiocyanates is 1. The molecule has 0 N–H and O–H groups in total. The van der Waals surface area contributed by atoms with Gasteiger partial charge in [0.15, 0.2) is 17.3 Å². The molecule has 0 unspecified atom stereocenters. The van der Waals surface area contributed by atoms with Crippen molar-refractivity contribution in [2.75, 3.05) is 0 Å². The van der Waals surface area contributed by atoms with E-state index in [1.54, 1.807) is 0 Å². The van der Waals surface area contributed by atoms with Crippen molar-refractivity contribution in [1.29, 1.82) is 5.26 Å². The fourth-order valence-electron chi connectivity index (χ4n) is 0.116. The summed E-state index contributed by atoms with van der Waals surface area (Å²) in [5.41, 5.74) is 0. The van der Waals surface area contributed by atoms with E-state index >= 15 is 0 Å². The SMILES string of the molecule is N#CSN(N=O)[N+](=O)[O-]. The Bertz CT molecular complexity index is 162. The zero-order valence-electron chi connectivity index (χ0n) is 3.92. The lowest BCUT2D eigenvalue weighted by atomic mass is 11.8. The third kappa shape index (κ3) is 2.45. The van der Waals surface area contributed by atoms with E-state index in [0.29, 0.717) is 0 Å². The van der Waals surface area contributed by atoms with Crippen LogP contribution in [0.15, 0.2) is 5.29 Å². The van der Waals surface area contributed by atoms with E-state index in [1.807, 2.05) is 5.29 Å². The third-order valence-corrected chi connectivity index (χ3v) is 0.777. The number of nitro groups is 1. The van der Waals surface area contributed by atoms with Gasteiger partial charge in [-0.05, 0) is 0 Å². The summed E-state index contributed by atoms with van der Waals surface area (Å²) in [5, 5.41) is 19.5. The van der Waals surface area contributed by atoms with E-state index in [9.17, 15) is 15.0 Å². The van der Waals surface area contributed by atoms with Crippen molar-refractivity contribution < 1.29 is 5.03 Å². The van der Waals surface area contributed by atoms with Gasteiger partial charge in [-0.15, -0.1) is 0 Å². The van der Waals surface area contributed by atoms with Gasteiger partial charge in [0.1, 0.15) is 4.52 Å². The minimum atomic E-state index is -1.10. The van der Waals surface area contributed by atoms with Gasteiger partial charge >= 0.3 is 5.29 Å². The summed E-state index contributed by atoms with van der Waals surface area (Å²) in [6.45, 7) is 0. The normalized spacial score (nSPS) is 7.44. The molecule has 0 aliphatic carbocycles. The van der Waals surface area contributed by atoms with Crippen LogP contribution in [0.3, 0.4) is 0 Å². The summed E-state index contributed by atoms with van der Waals surface area (Å²) in [6, 6.07) is 0. The molecule has 9 heavy (non-hydrogen) atoms. The predicted octanol–water partition coefficient (Wildman–Crippen LogP) is 0.291. The van der Waals surface area contributed by atoms with Crippen LogP contribution in [0.1, 0.15) is 0 Å². The predicted molar refractivity (Wildman–Crippen MR) is 27.8 cm³/mol. The summed E-state index contributed by atoms with van der Waals surface area (Å²) >= 11 is 0.0451. The van der Waals surface area contributed by atoms with Crippen LogP contribution in [0.25, 0.3) is 0 Å². The fourth-order valence-corrected chi connectivity index (χ4v) is 0.289. The number of nitriles is 1. The Kier molecular flexibility index (Phi) is 3.07. The van der Waals surface area contributed by atoms with Crippen molar-refractivity contribution in [1.82, 2.24) is 4.52 Å². The second kappa shape index (κ2) is 3.62. The third-order valence-electron chi connectivity index (χ3n) is 0.332. The van der Waals surface area contributed by atoms with E-state index in [4.69, 9.17) is 5.26 Å². The molecule has 0 aromatic heterocycles. The van der Waals surface area contributed by atoms with Crippen LogP contribution < -0.4 is 0 Å². The summed E-state index contributed by atoms with van der Waals surface area (Å²) in [7, 11) is 0. The quantitative estimate of drug-likeness (QED) is 0.187.